The zero-order valence-electron chi connectivity index (χ0n) is 15.9. The van der Waals surface area contributed by atoms with E-state index in [-0.39, 0.29) is 12.4 Å². The number of hydrogen-bond acceptors (Lipinski definition) is 6. The van der Waals surface area contributed by atoms with Gasteiger partial charge in [-0.3, -0.25) is 4.90 Å². The molecule has 1 aliphatic heterocycles. The second kappa shape index (κ2) is 9.52. The van der Waals surface area contributed by atoms with Crippen LogP contribution in [0.25, 0.3) is 0 Å². The molecule has 0 unspecified atom stereocenters. The van der Waals surface area contributed by atoms with Crippen LogP contribution in [-0.4, -0.2) is 68.5 Å². The smallest absolute Gasteiger partial charge is 0.337 e. The fraction of sp³-hybridized carbons (Fsp3) is 0.381. The number of aliphatic hydroxyl groups excluding tert-OH is 1. The lowest BCUT2D eigenvalue weighted by molar-refractivity contribution is 0.0599. The third-order valence-electron chi connectivity index (χ3n) is 4.75. The van der Waals surface area contributed by atoms with Crippen LogP contribution in [0.4, 0.5) is 10.1 Å². The minimum atomic E-state index is -0.613. The fourth-order valence-electron chi connectivity index (χ4n) is 3.19. The van der Waals surface area contributed by atoms with Gasteiger partial charge in [-0.15, -0.1) is 0 Å². The number of rotatable bonds is 7. The van der Waals surface area contributed by atoms with Gasteiger partial charge in [-0.2, -0.15) is 0 Å². The largest absolute Gasteiger partial charge is 0.491 e. The van der Waals surface area contributed by atoms with Crippen LogP contribution in [0.5, 0.6) is 5.75 Å². The van der Waals surface area contributed by atoms with Gasteiger partial charge in [0.15, 0.2) is 0 Å². The molecular weight excluding hydrogens is 363 g/mol. The number of halogens is 1. The molecule has 0 saturated carbocycles. The Hall–Kier alpha value is -2.64. The van der Waals surface area contributed by atoms with E-state index in [1.807, 2.05) is 0 Å². The molecule has 0 spiro atoms. The molecule has 0 aliphatic carbocycles. The Kier molecular flexibility index (Phi) is 6.84. The summed E-state index contributed by atoms with van der Waals surface area (Å²) in [6.45, 7) is 4.00. The average molecular weight is 388 g/mol. The molecule has 3 rings (SSSR count). The Morgan fingerprint density at radius 2 is 1.71 bits per heavy atom. The van der Waals surface area contributed by atoms with Gasteiger partial charge in [-0.05, 0) is 48.5 Å². The molecule has 0 radical (unpaired) electrons. The predicted molar refractivity (Wildman–Crippen MR) is 104 cm³/mol. The highest BCUT2D eigenvalue weighted by Crippen LogP contribution is 2.17. The van der Waals surface area contributed by atoms with Gasteiger partial charge >= 0.3 is 5.97 Å². The average Bonchev–Trinajstić information content (AvgIpc) is 2.73. The van der Waals surface area contributed by atoms with E-state index in [0.717, 1.165) is 31.9 Å². The lowest BCUT2D eigenvalue weighted by atomic mass is 10.2. The lowest BCUT2D eigenvalue weighted by Gasteiger charge is -2.36. The molecule has 1 aliphatic rings. The topological polar surface area (TPSA) is 62.2 Å². The first-order chi connectivity index (χ1) is 13.5. The van der Waals surface area contributed by atoms with Crippen molar-refractivity contribution in [3.63, 3.8) is 0 Å². The van der Waals surface area contributed by atoms with Crippen molar-refractivity contribution >= 4 is 11.7 Å². The fourth-order valence-corrected chi connectivity index (χ4v) is 3.19. The van der Waals surface area contributed by atoms with Gasteiger partial charge in [-0.25, -0.2) is 9.18 Å². The van der Waals surface area contributed by atoms with Crippen LogP contribution in [0.2, 0.25) is 0 Å². The Labute approximate surface area is 164 Å². The van der Waals surface area contributed by atoms with Crippen molar-refractivity contribution in [2.45, 2.75) is 6.10 Å². The van der Waals surface area contributed by atoms with Gasteiger partial charge < -0.3 is 19.5 Å². The predicted octanol–water partition coefficient (Wildman–Crippen LogP) is 2.17. The van der Waals surface area contributed by atoms with Crippen molar-refractivity contribution in [3.05, 3.63) is 59.9 Å². The summed E-state index contributed by atoms with van der Waals surface area (Å²) in [6.07, 6.45) is -0.613. The van der Waals surface area contributed by atoms with Crippen molar-refractivity contribution in [2.24, 2.45) is 0 Å². The van der Waals surface area contributed by atoms with Gasteiger partial charge in [0.1, 0.15) is 24.3 Å². The quantitative estimate of drug-likeness (QED) is 0.734. The van der Waals surface area contributed by atoms with Crippen LogP contribution in [0.15, 0.2) is 48.5 Å². The molecule has 7 heteroatoms. The first kappa shape index (κ1) is 20.1. The second-order valence-corrected chi connectivity index (χ2v) is 6.74. The van der Waals surface area contributed by atoms with Gasteiger partial charge in [0.2, 0.25) is 0 Å². The lowest BCUT2D eigenvalue weighted by Crippen LogP contribution is -2.49. The molecule has 1 fully saturated rings. The van der Waals surface area contributed by atoms with Crippen molar-refractivity contribution < 1.29 is 23.8 Å². The summed E-state index contributed by atoms with van der Waals surface area (Å²) < 4.78 is 23.3. The number of hydrogen-bond donors (Lipinski definition) is 1. The normalized spacial score (nSPS) is 15.9. The molecule has 1 atom stereocenters. The van der Waals surface area contributed by atoms with Crippen LogP contribution in [0, 0.1) is 5.82 Å². The number of carbonyl (C=O) groups excluding carboxylic acids is 1. The van der Waals surface area contributed by atoms with Crippen molar-refractivity contribution in [1.29, 1.82) is 0 Å². The minimum Gasteiger partial charge on any atom is -0.491 e. The van der Waals surface area contributed by atoms with E-state index >= 15 is 0 Å². The molecule has 2 aromatic rings. The second-order valence-electron chi connectivity index (χ2n) is 6.74. The van der Waals surface area contributed by atoms with Crippen LogP contribution in [-0.2, 0) is 4.74 Å². The molecule has 150 valence electrons. The van der Waals surface area contributed by atoms with E-state index in [1.165, 1.54) is 19.2 Å². The van der Waals surface area contributed by atoms with E-state index in [1.54, 1.807) is 36.4 Å². The first-order valence-corrected chi connectivity index (χ1v) is 9.27. The van der Waals surface area contributed by atoms with E-state index in [4.69, 9.17) is 4.74 Å². The molecule has 0 bridgehead atoms. The number of ether oxygens (including phenoxy) is 2. The van der Waals surface area contributed by atoms with Gasteiger partial charge in [0.25, 0.3) is 0 Å². The monoisotopic (exact) mass is 388 g/mol. The van der Waals surface area contributed by atoms with E-state index < -0.39 is 12.1 Å². The maximum Gasteiger partial charge on any atom is 0.337 e. The Morgan fingerprint density at radius 1 is 1.07 bits per heavy atom. The summed E-state index contributed by atoms with van der Waals surface area (Å²) in [5.41, 5.74) is 1.47. The summed E-state index contributed by atoms with van der Waals surface area (Å²) in [6, 6.07) is 13.1. The first-order valence-electron chi connectivity index (χ1n) is 9.27. The van der Waals surface area contributed by atoms with E-state index in [2.05, 4.69) is 14.5 Å². The number of nitrogens with zero attached hydrogens (tertiary/aromatic N) is 2. The van der Waals surface area contributed by atoms with Gasteiger partial charge in [0.05, 0.1) is 12.7 Å². The molecule has 1 N–H and O–H groups in total. The third-order valence-corrected chi connectivity index (χ3v) is 4.75. The summed E-state index contributed by atoms with van der Waals surface area (Å²) in [5, 5.41) is 10.3. The Morgan fingerprint density at radius 3 is 2.32 bits per heavy atom. The zero-order valence-corrected chi connectivity index (χ0v) is 15.9. The Bertz CT molecular complexity index is 759. The summed E-state index contributed by atoms with van der Waals surface area (Å²) >= 11 is 0. The summed E-state index contributed by atoms with van der Waals surface area (Å²) in [4.78, 5) is 15.8. The van der Waals surface area contributed by atoms with Crippen LogP contribution in [0.1, 0.15) is 10.4 Å². The highest BCUT2D eigenvalue weighted by molar-refractivity contribution is 5.89. The Balaban J connectivity index is 1.40. The molecule has 2 aromatic carbocycles. The number of esters is 1. The van der Waals surface area contributed by atoms with E-state index in [9.17, 15) is 14.3 Å². The number of aliphatic hydroxyl groups is 1. The number of benzene rings is 2. The zero-order chi connectivity index (χ0) is 19.9. The molecule has 6 nitrogen and oxygen atoms in total. The summed E-state index contributed by atoms with van der Waals surface area (Å²) in [5.74, 6) is -0.0374. The van der Waals surface area contributed by atoms with E-state index in [0.29, 0.717) is 17.9 Å². The molecule has 1 heterocycles. The number of carbonyl (C=O) groups is 1. The number of β-amino-alcohol motifs (C(OH)–C–C–N with tert-alkyl or cyclic N) is 1. The minimum absolute atomic E-state index is 0.176. The van der Waals surface area contributed by atoms with Crippen LogP contribution in [0.3, 0.4) is 0 Å². The molecule has 28 heavy (non-hydrogen) atoms. The molecular formula is C21H25FN2O4. The highest BCUT2D eigenvalue weighted by atomic mass is 19.1. The maximum atomic E-state index is 13.0. The van der Waals surface area contributed by atoms with Gasteiger partial charge in [-0.1, -0.05) is 0 Å². The SMILES string of the molecule is COC(=O)c1ccc(OC[C@H](O)CN2CCN(c3ccc(F)cc3)CC2)cc1. The van der Waals surface area contributed by atoms with Gasteiger partial charge in [0, 0.05) is 38.4 Å². The highest BCUT2D eigenvalue weighted by Gasteiger charge is 2.20. The molecule has 0 aromatic heterocycles. The summed E-state index contributed by atoms with van der Waals surface area (Å²) in [7, 11) is 1.34. The molecule has 0 amide bonds. The van der Waals surface area contributed by atoms with Crippen LogP contribution < -0.4 is 9.64 Å². The molecule has 1 saturated heterocycles. The number of anilines is 1. The number of methoxy groups -OCH3 is 1. The van der Waals surface area contributed by atoms with Crippen molar-refractivity contribution in [1.82, 2.24) is 4.90 Å². The van der Waals surface area contributed by atoms with Crippen molar-refractivity contribution in [3.8, 4) is 5.75 Å². The maximum absolute atomic E-state index is 13.0. The third kappa shape index (κ3) is 5.43. The standard InChI is InChI=1S/C21H25FN2O4/c1-27-21(26)16-2-8-20(9-3-16)28-15-19(25)14-23-10-12-24(13-11-23)18-6-4-17(22)5-7-18/h2-9,19,25H,10-15H2,1H3/t19-/m1/s1. The van der Waals surface area contributed by atoms with Crippen LogP contribution >= 0.6 is 0 Å². The van der Waals surface area contributed by atoms with Crippen molar-refractivity contribution in [2.75, 3.05) is 51.3 Å². The number of piperazine rings is 1.